The van der Waals surface area contributed by atoms with Crippen LogP contribution >= 0.6 is 7.82 Å². The van der Waals surface area contributed by atoms with Gasteiger partial charge in [0.25, 0.3) is 5.56 Å². The fourth-order valence-corrected chi connectivity index (χ4v) is 3.02. The maximum Gasteiger partial charge on any atom is 0.469 e. The minimum atomic E-state index is -4.80. The highest BCUT2D eigenvalue weighted by Gasteiger charge is 2.42. The lowest BCUT2D eigenvalue weighted by molar-refractivity contribution is -0.0815. The van der Waals surface area contributed by atoms with E-state index in [0.29, 0.717) is 6.20 Å². The van der Waals surface area contributed by atoms with Crippen molar-refractivity contribution in [1.82, 2.24) is 9.55 Å². The number of aromatic amines is 1. The molecule has 130 valence electrons. The van der Waals surface area contributed by atoms with E-state index in [0.717, 1.165) is 4.57 Å². The molecule has 23 heavy (non-hydrogen) atoms. The van der Waals surface area contributed by atoms with Crippen LogP contribution in [0.5, 0.6) is 0 Å². The van der Waals surface area contributed by atoms with Gasteiger partial charge in [0.1, 0.15) is 12.3 Å². The zero-order chi connectivity index (χ0) is 17.4. The van der Waals surface area contributed by atoms with Crippen LogP contribution in [-0.4, -0.2) is 42.8 Å². The Morgan fingerprint density at radius 1 is 1.57 bits per heavy atom. The Labute approximate surface area is 128 Å². The van der Waals surface area contributed by atoms with Gasteiger partial charge < -0.3 is 19.6 Å². The first-order valence-corrected chi connectivity index (χ1v) is 8.24. The second kappa shape index (κ2) is 6.63. The van der Waals surface area contributed by atoms with Crippen molar-refractivity contribution in [3.05, 3.63) is 32.9 Å². The fourth-order valence-electron chi connectivity index (χ4n) is 2.40. The van der Waals surface area contributed by atoms with Crippen molar-refractivity contribution < 1.29 is 33.1 Å². The molecule has 1 saturated heterocycles. The van der Waals surface area contributed by atoms with E-state index >= 15 is 0 Å². The minimum Gasteiger partial charge on any atom is -0.390 e. The van der Waals surface area contributed by atoms with Crippen molar-refractivity contribution in [2.24, 2.45) is 0 Å². The number of rotatable bonds is 5. The molecule has 1 aliphatic heterocycles. The summed E-state index contributed by atoms with van der Waals surface area (Å²) in [7, 11) is -4.80. The van der Waals surface area contributed by atoms with Gasteiger partial charge in [0.05, 0.1) is 18.4 Å². The number of aliphatic hydroxyl groups is 1. The van der Waals surface area contributed by atoms with Crippen LogP contribution in [0.1, 0.15) is 26.0 Å². The number of aromatic nitrogens is 2. The number of hydrogen-bond donors (Lipinski definition) is 4. The van der Waals surface area contributed by atoms with Gasteiger partial charge in [-0.25, -0.2) is 9.36 Å². The first kappa shape index (κ1) is 18.0. The molecule has 0 saturated carbocycles. The Morgan fingerprint density at radius 3 is 2.78 bits per heavy atom. The lowest BCUT2D eigenvalue weighted by Gasteiger charge is -2.25. The quantitative estimate of drug-likeness (QED) is 0.502. The summed E-state index contributed by atoms with van der Waals surface area (Å²) in [6.45, 7) is 1.57. The Morgan fingerprint density at radius 2 is 2.22 bits per heavy atom. The average molecular weight is 354 g/mol. The zero-order valence-corrected chi connectivity index (χ0v) is 12.9. The second-order valence-electron chi connectivity index (χ2n) is 5.04. The molecule has 0 aromatic carbocycles. The van der Waals surface area contributed by atoms with Crippen molar-refractivity contribution in [2.75, 3.05) is 0 Å². The van der Waals surface area contributed by atoms with E-state index in [2.05, 4.69) is 4.52 Å². The van der Waals surface area contributed by atoms with Crippen molar-refractivity contribution in [1.29, 1.82) is 0 Å². The van der Waals surface area contributed by atoms with Crippen LogP contribution < -0.4 is 11.2 Å². The molecule has 0 bridgehead atoms. The summed E-state index contributed by atoms with van der Waals surface area (Å²) in [5, 5.41) is 9.99. The van der Waals surface area contributed by atoms with Gasteiger partial charge in [-0.05, 0) is 6.42 Å². The lowest BCUT2D eigenvalue weighted by atomic mass is 10.1. The highest BCUT2D eigenvalue weighted by molar-refractivity contribution is 7.46. The van der Waals surface area contributed by atoms with Crippen LogP contribution in [0, 0.1) is 5.82 Å². The summed E-state index contributed by atoms with van der Waals surface area (Å²) in [4.78, 5) is 42.2. The monoisotopic (exact) mass is 354 g/mol. The van der Waals surface area contributed by atoms with E-state index < -0.39 is 49.4 Å². The normalized spacial score (nSPS) is 26.4. The number of nitrogens with zero attached hydrogens (tertiary/aromatic N) is 1. The lowest BCUT2D eigenvalue weighted by Crippen LogP contribution is -2.36. The van der Waals surface area contributed by atoms with E-state index in [-0.39, 0.29) is 12.8 Å². The molecule has 1 aromatic rings. The van der Waals surface area contributed by atoms with E-state index in [1.807, 2.05) is 0 Å². The molecule has 1 fully saturated rings. The number of ether oxygens (including phenoxy) is 1. The highest BCUT2D eigenvalue weighted by Crippen LogP contribution is 2.42. The molecular formula is C11H16FN2O8P. The van der Waals surface area contributed by atoms with E-state index in [4.69, 9.17) is 14.5 Å². The third-order valence-corrected chi connectivity index (χ3v) is 3.96. The summed E-state index contributed by atoms with van der Waals surface area (Å²) >= 11 is 0. The van der Waals surface area contributed by atoms with Crippen LogP contribution in [0.4, 0.5) is 4.39 Å². The molecule has 4 N–H and O–H groups in total. The fraction of sp³-hybridized carbons (Fsp3) is 0.636. The van der Waals surface area contributed by atoms with Gasteiger partial charge >= 0.3 is 13.5 Å². The number of hydrogen-bond acceptors (Lipinski definition) is 6. The summed E-state index contributed by atoms with van der Waals surface area (Å²) in [5.74, 6) is -1.20. The van der Waals surface area contributed by atoms with Crippen LogP contribution in [-0.2, 0) is 13.8 Å². The Bertz CT molecular complexity index is 727. The molecule has 1 aromatic heterocycles. The Kier molecular flexibility index (Phi) is 5.19. The van der Waals surface area contributed by atoms with Gasteiger partial charge in [-0.15, -0.1) is 0 Å². The Hall–Kier alpha value is -1.36. The van der Waals surface area contributed by atoms with Crippen molar-refractivity contribution in [2.45, 2.75) is 44.3 Å². The number of halogens is 1. The predicted octanol–water partition coefficient (Wildman–Crippen LogP) is -0.788. The molecule has 10 nitrogen and oxygen atoms in total. The van der Waals surface area contributed by atoms with E-state index in [1.165, 1.54) is 0 Å². The predicted molar refractivity (Wildman–Crippen MR) is 73.0 cm³/mol. The topological polar surface area (TPSA) is 151 Å². The maximum atomic E-state index is 13.3. The third-order valence-electron chi connectivity index (χ3n) is 3.41. The van der Waals surface area contributed by atoms with Gasteiger partial charge in [-0.2, -0.15) is 4.39 Å². The molecule has 2 heterocycles. The SMILES string of the molecule is CC[C@@H](OP(=O)(O)O)[C@H]1O[C@@H](n2cc(F)c(=O)[nH]c2=O)C[C@@H]1O. The highest BCUT2D eigenvalue weighted by atomic mass is 31.2. The molecule has 0 aliphatic carbocycles. The van der Waals surface area contributed by atoms with Gasteiger partial charge in [-0.1, -0.05) is 6.92 Å². The maximum absolute atomic E-state index is 13.3. The molecule has 4 atom stereocenters. The number of aliphatic hydroxyl groups excluding tert-OH is 1. The van der Waals surface area contributed by atoms with Gasteiger partial charge in [0.15, 0.2) is 0 Å². The molecule has 0 amide bonds. The van der Waals surface area contributed by atoms with E-state index in [9.17, 15) is 23.7 Å². The summed E-state index contributed by atoms with van der Waals surface area (Å²) in [5.41, 5.74) is -2.11. The first-order valence-electron chi connectivity index (χ1n) is 6.70. The van der Waals surface area contributed by atoms with Crippen molar-refractivity contribution >= 4 is 7.82 Å². The largest absolute Gasteiger partial charge is 0.469 e. The molecule has 1 aliphatic rings. The molecule has 2 rings (SSSR count). The van der Waals surface area contributed by atoms with Crippen LogP contribution in [0.25, 0.3) is 0 Å². The number of nitrogens with one attached hydrogen (secondary N) is 1. The average Bonchev–Trinajstić information content (AvgIpc) is 2.81. The molecule has 0 radical (unpaired) electrons. The summed E-state index contributed by atoms with van der Waals surface area (Å²) < 4.78 is 35.0. The van der Waals surface area contributed by atoms with Crippen LogP contribution in [0.2, 0.25) is 0 Å². The minimum absolute atomic E-state index is 0.119. The smallest absolute Gasteiger partial charge is 0.390 e. The van der Waals surface area contributed by atoms with Crippen molar-refractivity contribution in [3.63, 3.8) is 0 Å². The van der Waals surface area contributed by atoms with Crippen LogP contribution in [0.15, 0.2) is 15.8 Å². The molecular weight excluding hydrogens is 338 g/mol. The molecule has 0 spiro atoms. The Balaban J connectivity index is 2.24. The number of H-pyrrole nitrogens is 1. The standard InChI is InChI=1S/C11H16FN2O8P/c1-2-7(22-23(18,19)20)9-6(15)3-8(21-9)14-4-5(12)10(16)13-11(14)17/h4,6-9,15H,2-3H2,1H3,(H,13,16,17)(H2,18,19,20)/t6-,7+,8+,9-/m0/s1. The first-order chi connectivity index (χ1) is 10.6. The van der Waals surface area contributed by atoms with Gasteiger partial charge in [0.2, 0.25) is 5.82 Å². The zero-order valence-electron chi connectivity index (χ0n) is 12.0. The number of phosphoric ester groups is 1. The van der Waals surface area contributed by atoms with Crippen molar-refractivity contribution in [3.8, 4) is 0 Å². The third kappa shape index (κ3) is 4.14. The van der Waals surface area contributed by atoms with E-state index in [1.54, 1.807) is 11.9 Å². The van der Waals surface area contributed by atoms with Gasteiger partial charge in [0, 0.05) is 6.42 Å². The number of phosphoric acid groups is 1. The second-order valence-corrected chi connectivity index (χ2v) is 6.24. The van der Waals surface area contributed by atoms with Gasteiger partial charge in [-0.3, -0.25) is 18.9 Å². The molecule has 12 heteroatoms. The molecule has 0 unspecified atom stereocenters. The summed E-state index contributed by atoms with van der Waals surface area (Å²) in [6.07, 6.45) is -3.93. The van der Waals surface area contributed by atoms with Crippen LogP contribution in [0.3, 0.4) is 0 Å². The summed E-state index contributed by atoms with van der Waals surface area (Å²) in [6, 6.07) is 0.